The Labute approximate surface area is 124 Å². The summed E-state index contributed by atoms with van der Waals surface area (Å²) in [6, 6.07) is 17.3. The molecule has 2 aromatic rings. The number of benzene rings is 2. The molecule has 0 saturated carbocycles. The first-order valence-electron chi connectivity index (χ1n) is 6.92. The number of carbonyl (C=O) groups is 1. The second-order valence-corrected chi connectivity index (χ2v) is 5.14. The number of amides is 1. The van der Waals surface area contributed by atoms with Crippen molar-refractivity contribution in [2.24, 2.45) is 0 Å². The summed E-state index contributed by atoms with van der Waals surface area (Å²) >= 11 is 0. The monoisotopic (exact) mass is 282 g/mol. The van der Waals surface area contributed by atoms with Crippen molar-refractivity contribution in [1.82, 2.24) is 10.2 Å². The van der Waals surface area contributed by atoms with Crippen molar-refractivity contribution >= 4 is 5.91 Å². The van der Waals surface area contributed by atoms with Gasteiger partial charge in [0.05, 0.1) is 7.11 Å². The highest BCUT2D eigenvalue weighted by Crippen LogP contribution is 2.31. The van der Waals surface area contributed by atoms with Crippen LogP contribution in [0.1, 0.15) is 23.3 Å². The lowest BCUT2D eigenvalue weighted by atomic mass is 10.1. The van der Waals surface area contributed by atoms with Crippen LogP contribution in [0.25, 0.3) is 0 Å². The van der Waals surface area contributed by atoms with Crippen molar-refractivity contribution in [3.63, 3.8) is 0 Å². The highest BCUT2D eigenvalue weighted by atomic mass is 16.5. The lowest BCUT2D eigenvalue weighted by molar-refractivity contribution is -0.128. The van der Waals surface area contributed by atoms with Gasteiger partial charge in [0, 0.05) is 7.05 Å². The largest absolute Gasteiger partial charge is 0.497 e. The number of nitrogens with one attached hydrogen (secondary N) is 1. The smallest absolute Gasteiger partial charge is 0.245 e. The molecule has 0 radical (unpaired) electrons. The maximum atomic E-state index is 12.5. The van der Waals surface area contributed by atoms with Crippen LogP contribution in [-0.4, -0.2) is 25.0 Å². The molecule has 2 unspecified atom stereocenters. The summed E-state index contributed by atoms with van der Waals surface area (Å²) in [5.41, 5.74) is 2.04. The molecule has 2 aromatic carbocycles. The van der Waals surface area contributed by atoms with Crippen LogP contribution in [-0.2, 0) is 4.79 Å². The van der Waals surface area contributed by atoms with Gasteiger partial charge < -0.3 is 9.64 Å². The summed E-state index contributed by atoms with van der Waals surface area (Å²) < 4.78 is 5.17. The molecule has 21 heavy (non-hydrogen) atoms. The molecule has 4 heteroatoms. The summed E-state index contributed by atoms with van der Waals surface area (Å²) in [7, 11) is 3.47. The molecule has 1 amide bonds. The second-order valence-electron chi connectivity index (χ2n) is 5.14. The predicted molar refractivity (Wildman–Crippen MR) is 80.8 cm³/mol. The molecule has 1 saturated heterocycles. The van der Waals surface area contributed by atoms with Crippen LogP contribution in [0.4, 0.5) is 0 Å². The number of ether oxygens (including phenoxy) is 1. The fourth-order valence-corrected chi connectivity index (χ4v) is 2.66. The van der Waals surface area contributed by atoms with Crippen molar-refractivity contribution in [1.29, 1.82) is 0 Å². The third-order valence-electron chi connectivity index (χ3n) is 3.87. The Morgan fingerprint density at radius 2 is 1.67 bits per heavy atom. The maximum Gasteiger partial charge on any atom is 0.245 e. The predicted octanol–water partition coefficient (Wildman–Crippen LogP) is 2.50. The lowest BCUT2D eigenvalue weighted by Gasteiger charge is -2.19. The first kappa shape index (κ1) is 13.6. The average molecular weight is 282 g/mol. The first-order chi connectivity index (χ1) is 10.2. The number of methoxy groups -OCH3 is 1. The van der Waals surface area contributed by atoms with Gasteiger partial charge in [-0.1, -0.05) is 42.5 Å². The SMILES string of the molecule is COc1ccc(C2NC(c3ccccc3)C(=O)N2C)cc1. The summed E-state index contributed by atoms with van der Waals surface area (Å²) in [5, 5.41) is 3.40. The molecule has 0 bridgehead atoms. The lowest BCUT2D eigenvalue weighted by Crippen LogP contribution is -2.25. The third-order valence-corrected chi connectivity index (χ3v) is 3.87. The Morgan fingerprint density at radius 3 is 2.29 bits per heavy atom. The molecule has 108 valence electrons. The van der Waals surface area contributed by atoms with Crippen LogP contribution in [0, 0.1) is 0 Å². The zero-order valence-corrected chi connectivity index (χ0v) is 12.1. The van der Waals surface area contributed by atoms with Crippen LogP contribution >= 0.6 is 0 Å². The molecule has 1 fully saturated rings. The molecule has 1 aliphatic heterocycles. The van der Waals surface area contributed by atoms with E-state index < -0.39 is 0 Å². The molecular weight excluding hydrogens is 264 g/mol. The van der Waals surface area contributed by atoms with Gasteiger partial charge in [0.15, 0.2) is 0 Å². The van der Waals surface area contributed by atoms with Gasteiger partial charge in [0.25, 0.3) is 0 Å². The van der Waals surface area contributed by atoms with E-state index in [1.54, 1.807) is 12.0 Å². The van der Waals surface area contributed by atoms with Crippen LogP contribution in [0.15, 0.2) is 54.6 Å². The summed E-state index contributed by atoms with van der Waals surface area (Å²) in [5.74, 6) is 0.896. The van der Waals surface area contributed by atoms with E-state index in [4.69, 9.17) is 4.74 Å². The molecule has 0 aromatic heterocycles. The Kier molecular flexibility index (Phi) is 3.62. The molecule has 1 N–H and O–H groups in total. The standard InChI is InChI=1S/C17H18N2O2/c1-19-16(13-8-10-14(21-2)11-9-13)18-15(17(19)20)12-6-4-3-5-7-12/h3-11,15-16,18H,1-2H3. The van der Waals surface area contributed by atoms with Crippen LogP contribution < -0.4 is 10.1 Å². The van der Waals surface area contributed by atoms with E-state index in [1.807, 2.05) is 61.6 Å². The molecule has 1 heterocycles. The number of likely N-dealkylation sites (N-methyl/N-ethyl adjacent to an activating group) is 1. The van der Waals surface area contributed by atoms with E-state index >= 15 is 0 Å². The third kappa shape index (κ3) is 2.50. The fraction of sp³-hybridized carbons (Fsp3) is 0.235. The Bertz CT molecular complexity index is 625. The number of carbonyl (C=O) groups excluding carboxylic acids is 1. The van der Waals surface area contributed by atoms with Gasteiger partial charge in [0.2, 0.25) is 5.91 Å². The average Bonchev–Trinajstić information content (AvgIpc) is 2.84. The van der Waals surface area contributed by atoms with E-state index in [2.05, 4.69) is 5.32 Å². The Balaban J connectivity index is 1.86. The number of hydrogen-bond acceptors (Lipinski definition) is 3. The van der Waals surface area contributed by atoms with E-state index in [9.17, 15) is 4.79 Å². The van der Waals surface area contributed by atoms with Crippen molar-refractivity contribution in [3.05, 3.63) is 65.7 Å². The molecule has 4 nitrogen and oxygen atoms in total. The van der Waals surface area contributed by atoms with Crippen LogP contribution in [0.5, 0.6) is 5.75 Å². The van der Waals surface area contributed by atoms with Gasteiger partial charge in [0.1, 0.15) is 18.0 Å². The molecule has 0 spiro atoms. The summed E-state index contributed by atoms with van der Waals surface area (Å²) in [6.45, 7) is 0. The number of nitrogens with zero attached hydrogens (tertiary/aromatic N) is 1. The second kappa shape index (κ2) is 5.58. The van der Waals surface area contributed by atoms with Crippen molar-refractivity contribution < 1.29 is 9.53 Å². The molecule has 2 atom stereocenters. The van der Waals surface area contributed by atoms with Gasteiger partial charge >= 0.3 is 0 Å². The van der Waals surface area contributed by atoms with E-state index in [-0.39, 0.29) is 18.1 Å². The minimum atomic E-state index is -0.289. The minimum absolute atomic E-state index is 0.0852. The maximum absolute atomic E-state index is 12.5. The summed E-state index contributed by atoms with van der Waals surface area (Å²) in [6.07, 6.45) is -0.117. The first-order valence-corrected chi connectivity index (χ1v) is 6.92. The van der Waals surface area contributed by atoms with Gasteiger partial charge in [-0.2, -0.15) is 0 Å². The zero-order valence-electron chi connectivity index (χ0n) is 12.1. The fourth-order valence-electron chi connectivity index (χ4n) is 2.66. The molecule has 0 aliphatic carbocycles. The number of hydrogen-bond donors (Lipinski definition) is 1. The minimum Gasteiger partial charge on any atom is -0.497 e. The van der Waals surface area contributed by atoms with Gasteiger partial charge in [-0.05, 0) is 23.3 Å². The highest BCUT2D eigenvalue weighted by Gasteiger charge is 2.37. The Morgan fingerprint density at radius 1 is 1.00 bits per heavy atom. The number of rotatable bonds is 3. The topological polar surface area (TPSA) is 41.6 Å². The van der Waals surface area contributed by atoms with Crippen LogP contribution in [0.3, 0.4) is 0 Å². The van der Waals surface area contributed by atoms with Crippen molar-refractivity contribution in [2.45, 2.75) is 12.2 Å². The van der Waals surface area contributed by atoms with E-state index in [0.717, 1.165) is 16.9 Å². The molecular formula is C17H18N2O2. The van der Waals surface area contributed by atoms with Gasteiger partial charge in [-0.25, -0.2) is 0 Å². The van der Waals surface area contributed by atoms with E-state index in [1.165, 1.54) is 0 Å². The highest BCUT2D eigenvalue weighted by molar-refractivity contribution is 5.85. The van der Waals surface area contributed by atoms with Gasteiger partial charge in [-0.15, -0.1) is 0 Å². The van der Waals surface area contributed by atoms with Crippen LogP contribution in [0.2, 0.25) is 0 Å². The Hall–Kier alpha value is -2.33. The van der Waals surface area contributed by atoms with Crippen molar-refractivity contribution in [2.75, 3.05) is 14.2 Å². The van der Waals surface area contributed by atoms with E-state index in [0.29, 0.717) is 0 Å². The molecule has 1 aliphatic rings. The van der Waals surface area contributed by atoms with Crippen molar-refractivity contribution in [3.8, 4) is 5.75 Å². The normalized spacial score (nSPS) is 21.6. The summed E-state index contributed by atoms with van der Waals surface area (Å²) in [4.78, 5) is 14.2. The zero-order chi connectivity index (χ0) is 14.8. The quantitative estimate of drug-likeness (QED) is 0.940. The van der Waals surface area contributed by atoms with Gasteiger partial charge in [-0.3, -0.25) is 10.1 Å². The molecule has 3 rings (SSSR count).